The minimum absolute atomic E-state index is 0.281. The van der Waals surface area contributed by atoms with Gasteiger partial charge in [-0.1, -0.05) is 24.3 Å². The molecule has 8 heteroatoms. The van der Waals surface area contributed by atoms with Gasteiger partial charge in [-0.25, -0.2) is 9.59 Å². The van der Waals surface area contributed by atoms with Crippen LogP contribution in [-0.4, -0.2) is 45.6 Å². The van der Waals surface area contributed by atoms with E-state index in [1.54, 1.807) is 38.5 Å². The first-order chi connectivity index (χ1) is 17.0. The maximum absolute atomic E-state index is 12.5. The number of fused-ring (bicyclic) bond motifs is 1. The largest absolute Gasteiger partial charge is 0.493 e. The number of anilines is 2. The number of amides is 2. The molecule has 2 N–H and O–H groups in total. The van der Waals surface area contributed by atoms with Gasteiger partial charge in [0.05, 0.1) is 32.6 Å². The van der Waals surface area contributed by atoms with Gasteiger partial charge in [-0.3, -0.25) is 4.99 Å². The number of hydrogen-bond donors (Lipinski definition) is 2. The normalized spacial score (nSPS) is 12.1. The lowest BCUT2D eigenvalue weighted by Gasteiger charge is -2.20. The number of rotatable bonds is 7. The van der Waals surface area contributed by atoms with Crippen LogP contribution in [0.3, 0.4) is 0 Å². The number of esters is 1. The van der Waals surface area contributed by atoms with Crippen LogP contribution in [0.15, 0.2) is 65.7 Å². The van der Waals surface area contributed by atoms with E-state index >= 15 is 0 Å². The Morgan fingerprint density at radius 1 is 0.914 bits per heavy atom. The maximum atomic E-state index is 12.5. The highest BCUT2D eigenvalue weighted by molar-refractivity contribution is 6.06. The van der Waals surface area contributed by atoms with Crippen LogP contribution in [-0.2, 0) is 17.6 Å². The van der Waals surface area contributed by atoms with E-state index in [2.05, 4.69) is 10.6 Å². The van der Waals surface area contributed by atoms with Gasteiger partial charge >= 0.3 is 12.0 Å². The summed E-state index contributed by atoms with van der Waals surface area (Å²) >= 11 is 0. The van der Waals surface area contributed by atoms with Crippen molar-refractivity contribution in [1.29, 1.82) is 0 Å². The standard InChI is InChI=1S/C27H27N3O5/c1-33-24-15-18-12-13-28-23(21(18)16-25(24)34-2)14-17-8-10-19(11-9-17)29-27(32)30-22-7-5-4-6-20(22)26(31)35-3/h4-11,15-16H,12-14H2,1-3H3,(H2,29,30,32). The average Bonchev–Trinajstić information content (AvgIpc) is 2.89. The Labute approximate surface area is 203 Å². The summed E-state index contributed by atoms with van der Waals surface area (Å²) in [5.74, 6) is 0.879. The number of urea groups is 1. The lowest BCUT2D eigenvalue weighted by Crippen LogP contribution is -2.21. The van der Waals surface area contributed by atoms with Gasteiger partial charge < -0.3 is 24.8 Å². The molecule has 180 valence electrons. The number of methoxy groups -OCH3 is 3. The minimum Gasteiger partial charge on any atom is -0.493 e. The summed E-state index contributed by atoms with van der Waals surface area (Å²) in [6.07, 6.45) is 1.51. The quantitative estimate of drug-likeness (QED) is 0.484. The molecule has 2 amide bonds. The molecule has 4 rings (SSSR count). The van der Waals surface area contributed by atoms with Crippen LogP contribution in [0.5, 0.6) is 11.5 Å². The second-order valence-corrected chi connectivity index (χ2v) is 7.93. The summed E-state index contributed by atoms with van der Waals surface area (Å²) in [6, 6.07) is 17.8. The zero-order chi connectivity index (χ0) is 24.8. The molecule has 0 saturated carbocycles. The number of nitrogens with one attached hydrogen (secondary N) is 2. The van der Waals surface area contributed by atoms with Crippen molar-refractivity contribution in [3.63, 3.8) is 0 Å². The summed E-state index contributed by atoms with van der Waals surface area (Å²) in [6.45, 7) is 0.727. The molecule has 1 heterocycles. The number of ether oxygens (including phenoxy) is 3. The summed E-state index contributed by atoms with van der Waals surface area (Å²) in [7, 11) is 4.56. The van der Waals surface area contributed by atoms with E-state index in [9.17, 15) is 9.59 Å². The van der Waals surface area contributed by atoms with E-state index in [1.165, 1.54) is 12.7 Å². The Hall–Kier alpha value is -4.33. The molecule has 3 aromatic carbocycles. The first kappa shape index (κ1) is 23.8. The highest BCUT2D eigenvalue weighted by Crippen LogP contribution is 2.33. The average molecular weight is 474 g/mol. The second-order valence-electron chi connectivity index (χ2n) is 7.93. The monoisotopic (exact) mass is 473 g/mol. The molecule has 8 nitrogen and oxygen atoms in total. The molecule has 35 heavy (non-hydrogen) atoms. The Bertz CT molecular complexity index is 1270. The molecule has 0 fully saturated rings. The number of para-hydroxylation sites is 1. The van der Waals surface area contributed by atoms with Gasteiger partial charge in [0.2, 0.25) is 0 Å². The van der Waals surface area contributed by atoms with Crippen LogP contribution in [0.25, 0.3) is 0 Å². The molecule has 0 aliphatic carbocycles. The minimum atomic E-state index is -0.520. The number of carbonyl (C=O) groups excluding carboxylic acids is 2. The molecular weight excluding hydrogens is 446 g/mol. The highest BCUT2D eigenvalue weighted by Gasteiger charge is 2.19. The summed E-state index contributed by atoms with van der Waals surface area (Å²) in [5, 5.41) is 5.48. The number of hydrogen-bond acceptors (Lipinski definition) is 6. The smallest absolute Gasteiger partial charge is 0.339 e. The van der Waals surface area contributed by atoms with Crippen molar-refractivity contribution < 1.29 is 23.8 Å². The van der Waals surface area contributed by atoms with Gasteiger partial charge in [-0.15, -0.1) is 0 Å². The van der Waals surface area contributed by atoms with E-state index < -0.39 is 12.0 Å². The number of benzene rings is 3. The Morgan fingerprint density at radius 3 is 2.34 bits per heavy atom. The van der Waals surface area contributed by atoms with E-state index in [1.807, 2.05) is 36.4 Å². The van der Waals surface area contributed by atoms with Crippen molar-refractivity contribution in [2.45, 2.75) is 12.8 Å². The van der Waals surface area contributed by atoms with Crippen molar-refractivity contribution in [3.8, 4) is 11.5 Å². The van der Waals surface area contributed by atoms with Gasteiger partial charge in [0, 0.05) is 29.9 Å². The fourth-order valence-electron chi connectivity index (χ4n) is 4.01. The third kappa shape index (κ3) is 5.43. The van der Waals surface area contributed by atoms with Gasteiger partial charge in [0.1, 0.15) is 0 Å². The van der Waals surface area contributed by atoms with E-state index in [4.69, 9.17) is 19.2 Å². The van der Waals surface area contributed by atoms with Crippen molar-refractivity contribution in [2.24, 2.45) is 4.99 Å². The zero-order valence-electron chi connectivity index (χ0n) is 19.9. The van der Waals surface area contributed by atoms with Crippen LogP contribution >= 0.6 is 0 Å². The molecule has 0 atom stereocenters. The van der Waals surface area contributed by atoms with E-state index in [0.29, 0.717) is 23.5 Å². The van der Waals surface area contributed by atoms with E-state index in [0.717, 1.165) is 35.6 Å². The van der Waals surface area contributed by atoms with Gasteiger partial charge in [0.25, 0.3) is 0 Å². The molecule has 3 aromatic rings. The Kier molecular flexibility index (Phi) is 7.30. The highest BCUT2D eigenvalue weighted by atomic mass is 16.5. The van der Waals surface area contributed by atoms with Crippen LogP contribution in [0.1, 0.15) is 27.0 Å². The first-order valence-electron chi connectivity index (χ1n) is 11.1. The van der Waals surface area contributed by atoms with Crippen molar-refractivity contribution in [2.75, 3.05) is 38.5 Å². The molecule has 0 aromatic heterocycles. The molecule has 0 spiro atoms. The predicted octanol–water partition coefficient (Wildman–Crippen LogP) is 4.72. The van der Waals surface area contributed by atoms with Gasteiger partial charge in [-0.2, -0.15) is 0 Å². The lowest BCUT2D eigenvalue weighted by atomic mass is 9.93. The summed E-state index contributed by atoms with van der Waals surface area (Å²) in [4.78, 5) is 29.1. The lowest BCUT2D eigenvalue weighted by molar-refractivity contribution is 0.0602. The SMILES string of the molecule is COC(=O)c1ccccc1NC(=O)Nc1ccc(CC2=NCCc3cc(OC)c(OC)cc32)cc1. The Balaban J connectivity index is 1.43. The molecule has 1 aliphatic rings. The zero-order valence-corrected chi connectivity index (χ0v) is 19.9. The van der Waals surface area contributed by atoms with Crippen LogP contribution in [0.4, 0.5) is 16.2 Å². The summed E-state index contributed by atoms with van der Waals surface area (Å²) in [5.41, 5.74) is 5.59. The van der Waals surface area contributed by atoms with Crippen molar-refractivity contribution >= 4 is 29.1 Å². The van der Waals surface area contributed by atoms with Crippen molar-refractivity contribution in [1.82, 2.24) is 0 Å². The first-order valence-corrected chi connectivity index (χ1v) is 11.1. The van der Waals surface area contributed by atoms with E-state index in [-0.39, 0.29) is 5.56 Å². The number of aliphatic imine (C=N–C) groups is 1. The maximum Gasteiger partial charge on any atom is 0.339 e. The number of nitrogens with zero attached hydrogens (tertiary/aromatic N) is 1. The van der Waals surface area contributed by atoms with Gasteiger partial charge in [-0.05, 0) is 53.9 Å². The third-order valence-corrected chi connectivity index (χ3v) is 5.77. The van der Waals surface area contributed by atoms with Gasteiger partial charge in [0.15, 0.2) is 11.5 Å². The molecule has 0 unspecified atom stereocenters. The second kappa shape index (κ2) is 10.7. The van der Waals surface area contributed by atoms with Crippen LogP contribution in [0, 0.1) is 0 Å². The fraction of sp³-hybridized carbons (Fsp3) is 0.222. The molecule has 0 radical (unpaired) electrons. The number of carbonyl (C=O) groups is 2. The Morgan fingerprint density at radius 2 is 1.63 bits per heavy atom. The topological polar surface area (TPSA) is 98.2 Å². The molecular formula is C27H27N3O5. The third-order valence-electron chi connectivity index (χ3n) is 5.77. The van der Waals surface area contributed by atoms with Crippen LogP contribution in [0.2, 0.25) is 0 Å². The predicted molar refractivity (Wildman–Crippen MR) is 135 cm³/mol. The summed E-state index contributed by atoms with van der Waals surface area (Å²) < 4.78 is 15.7. The van der Waals surface area contributed by atoms with Crippen LogP contribution < -0.4 is 20.1 Å². The molecule has 0 saturated heterocycles. The van der Waals surface area contributed by atoms with Crippen molar-refractivity contribution in [3.05, 3.63) is 82.9 Å². The molecule has 1 aliphatic heterocycles. The fourth-order valence-corrected chi connectivity index (χ4v) is 4.01. The molecule has 0 bridgehead atoms.